The highest BCUT2D eigenvalue weighted by molar-refractivity contribution is 6.10. The van der Waals surface area contributed by atoms with Gasteiger partial charge in [0.05, 0.1) is 25.8 Å². The van der Waals surface area contributed by atoms with Crippen LogP contribution in [0.1, 0.15) is 43.4 Å². The molecular weight excluding hydrogens is 448 g/mol. The van der Waals surface area contributed by atoms with Gasteiger partial charge >= 0.3 is 0 Å². The zero-order chi connectivity index (χ0) is 25.0. The number of amides is 1. The Morgan fingerprint density at radius 1 is 1.20 bits per heavy atom. The van der Waals surface area contributed by atoms with Crippen molar-refractivity contribution in [2.24, 2.45) is 11.0 Å². The average Bonchev–Trinajstić information content (AvgIpc) is 3.45. The molecule has 3 aliphatic rings. The van der Waals surface area contributed by atoms with Crippen LogP contribution >= 0.6 is 0 Å². The van der Waals surface area contributed by atoms with Crippen LogP contribution in [0.15, 0.2) is 41.5 Å². The molecule has 35 heavy (non-hydrogen) atoms. The number of phenols is 1. The predicted molar refractivity (Wildman–Crippen MR) is 131 cm³/mol. The van der Waals surface area contributed by atoms with Crippen LogP contribution in [0, 0.1) is 5.92 Å². The smallest absolute Gasteiger partial charge is 0.245 e. The Labute approximate surface area is 204 Å². The maximum absolute atomic E-state index is 13.1. The van der Waals surface area contributed by atoms with Crippen LogP contribution in [0.4, 0.5) is 0 Å². The van der Waals surface area contributed by atoms with Crippen molar-refractivity contribution in [3.8, 4) is 28.7 Å². The fourth-order valence-corrected chi connectivity index (χ4v) is 5.00. The summed E-state index contributed by atoms with van der Waals surface area (Å²) in [5.41, 5.74) is 3.63. The van der Waals surface area contributed by atoms with Gasteiger partial charge in [-0.05, 0) is 30.7 Å². The third kappa shape index (κ3) is 3.59. The first-order valence-corrected chi connectivity index (χ1v) is 11.7. The van der Waals surface area contributed by atoms with E-state index in [0.717, 1.165) is 16.7 Å². The Hall–Kier alpha value is -3.68. The lowest BCUT2D eigenvalue weighted by Crippen LogP contribution is -2.44. The van der Waals surface area contributed by atoms with E-state index >= 15 is 0 Å². The van der Waals surface area contributed by atoms with E-state index in [9.17, 15) is 9.90 Å². The number of ether oxygens (including phenoxy) is 4. The van der Waals surface area contributed by atoms with Crippen molar-refractivity contribution in [2.45, 2.75) is 45.3 Å². The maximum atomic E-state index is 13.1. The molecule has 0 aromatic heterocycles. The van der Waals surface area contributed by atoms with Crippen molar-refractivity contribution in [3.05, 3.63) is 53.1 Å². The van der Waals surface area contributed by atoms with Crippen LogP contribution < -0.4 is 18.9 Å². The first kappa shape index (κ1) is 23.1. The first-order valence-electron chi connectivity index (χ1n) is 11.7. The van der Waals surface area contributed by atoms with E-state index in [1.807, 2.05) is 39.0 Å². The highest BCUT2D eigenvalue weighted by Crippen LogP contribution is 2.49. The van der Waals surface area contributed by atoms with Crippen LogP contribution in [-0.2, 0) is 11.2 Å². The molecule has 0 aliphatic carbocycles. The lowest BCUT2D eigenvalue weighted by Gasteiger charge is -2.33. The zero-order valence-corrected chi connectivity index (χ0v) is 20.6. The quantitative estimate of drug-likeness (QED) is 0.653. The molecule has 0 saturated carbocycles. The van der Waals surface area contributed by atoms with Gasteiger partial charge in [0.25, 0.3) is 0 Å². The molecule has 3 aliphatic heterocycles. The Balaban J connectivity index is 1.65. The molecular formula is C27H30N2O6. The van der Waals surface area contributed by atoms with Gasteiger partial charge in [-0.2, -0.15) is 5.10 Å². The number of hydrogen-bond acceptors (Lipinski definition) is 7. The molecule has 0 fully saturated rings. The van der Waals surface area contributed by atoms with Crippen LogP contribution in [0.5, 0.6) is 28.7 Å². The molecule has 2 aromatic rings. The second kappa shape index (κ2) is 8.52. The van der Waals surface area contributed by atoms with Crippen molar-refractivity contribution in [2.75, 3.05) is 20.8 Å². The van der Waals surface area contributed by atoms with E-state index < -0.39 is 0 Å². The largest absolute Gasteiger partial charge is 0.507 e. The molecule has 3 atom stereocenters. The molecule has 0 bridgehead atoms. The third-order valence-corrected chi connectivity index (χ3v) is 6.91. The summed E-state index contributed by atoms with van der Waals surface area (Å²) in [4.78, 5) is 13.1. The SMILES string of the molecule is C=C(C)[C@H]1Cc2c(ccc(C3=NN(C(=O)C(C)C)C4COc5cc(OC)c(OC)cc5C34)c2O)O1. The fraction of sp³-hybridized carbons (Fsp3) is 0.407. The summed E-state index contributed by atoms with van der Waals surface area (Å²) in [6.07, 6.45) is 0.356. The topological polar surface area (TPSA) is 89.8 Å². The van der Waals surface area contributed by atoms with Crippen LogP contribution in [-0.4, -0.2) is 54.7 Å². The molecule has 8 heteroatoms. The number of phenolic OH excluding ortho intramolecular Hbond substituents is 1. The summed E-state index contributed by atoms with van der Waals surface area (Å²) in [6, 6.07) is 6.98. The molecule has 2 unspecified atom stereocenters. The summed E-state index contributed by atoms with van der Waals surface area (Å²) in [7, 11) is 3.15. The van der Waals surface area contributed by atoms with Gasteiger partial charge in [0, 0.05) is 35.1 Å². The second-order valence-electron chi connectivity index (χ2n) is 9.52. The van der Waals surface area contributed by atoms with Gasteiger partial charge in [-0.3, -0.25) is 4.79 Å². The number of carbonyl (C=O) groups is 1. The number of rotatable bonds is 5. The minimum absolute atomic E-state index is 0.103. The van der Waals surface area contributed by atoms with E-state index in [-0.39, 0.29) is 42.2 Å². The van der Waals surface area contributed by atoms with Gasteiger partial charge in [-0.25, -0.2) is 5.01 Å². The molecule has 1 amide bonds. The number of hydrazone groups is 1. The molecule has 0 saturated heterocycles. The van der Waals surface area contributed by atoms with E-state index in [1.165, 1.54) is 5.01 Å². The number of fused-ring (bicyclic) bond motifs is 4. The predicted octanol–water partition coefficient (Wildman–Crippen LogP) is 4.04. The van der Waals surface area contributed by atoms with E-state index in [1.54, 1.807) is 20.3 Å². The Morgan fingerprint density at radius 2 is 1.91 bits per heavy atom. The number of hydrogen-bond donors (Lipinski definition) is 1. The standard InChI is InChI=1S/C27H30N2O6/c1-13(2)20-10-17-19(35-20)8-7-15(26(17)30)25-24-16-9-22(32-5)23(33-6)11-21(16)34-12-18(24)29(28-25)27(31)14(3)4/h7-9,11,14,18,20,24,30H,1,10,12H2,2-6H3/t18?,20-,24?/m1/s1. The Kier molecular flexibility index (Phi) is 5.62. The molecule has 5 rings (SSSR count). The summed E-state index contributed by atoms with van der Waals surface area (Å²) in [6.45, 7) is 9.87. The maximum Gasteiger partial charge on any atom is 0.245 e. The molecule has 2 aromatic carbocycles. The molecule has 0 spiro atoms. The van der Waals surface area contributed by atoms with Gasteiger partial charge in [-0.15, -0.1) is 0 Å². The lowest BCUT2D eigenvalue weighted by molar-refractivity contribution is -0.137. The van der Waals surface area contributed by atoms with Crippen LogP contribution in [0.25, 0.3) is 0 Å². The summed E-state index contributed by atoms with van der Waals surface area (Å²) < 4.78 is 23.0. The number of carbonyl (C=O) groups excluding carboxylic acids is 1. The van der Waals surface area contributed by atoms with Gasteiger partial charge in [0.15, 0.2) is 11.5 Å². The summed E-state index contributed by atoms with van der Waals surface area (Å²) in [5.74, 6) is 1.85. The number of benzene rings is 2. The van der Waals surface area contributed by atoms with Gasteiger partial charge < -0.3 is 24.1 Å². The van der Waals surface area contributed by atoms with Crippen LogP contribution in [0.3, 0.4) is 0 Å². The molecule has 1 N–H and O–H groups in total. The van der Waals surface area contributed by atoms with E-state index in [4.69, 9.17) is 24.0 Å². The molecule has 184 valence electrons. The highest BCUT2D eigenvalue weighted by Gasteiger charge is 2.47. The fourth-order valence-electron chi connectivity index (χ4n) is 5.00. The van der Waals surface area contributed by atoms with Crippen molar-refractivity contribution in [3.63, 3.8) is 0 Å². The number of aromatic hydroxyl groups is 1. The van der Waals surface area contributed by atoms with Crippen molar-refractivity contribution >= 4 is 11.6 Å². The van der Waals surface area contributed by atoms with E-state index in [2.05, 4.69) is 6.58 Å². The van der Waals surface area contributed by atoms with Gasteiger partial charge in [0.1, 0.15) is 36.0 Å². The highest BCUT2D eigenvalue weighted by atomic mass is 16.5. The number of nitrogens with zero attached hydrogens (tertiary/aromatic N) is 2. The normalized spacial score (nSPS) is 21.9. The van der Waals surface area contributed by atoms with Gasteiger partial charge in [0.2, 0.25) is 5.91 Å². The lowest BCUT2D eigenvalue weighted by atomic mass is 9.82. The van der Waals surface area contributed by atoms with Crippen molar-refractivity contribution in [1.82, 2.24) is 5.01 Å². The minimum Gasteiger partial charge on any atom is -0.507 e. The Bertz CT molecular complexity index is 1250. The van der Waals surface area contributed by atoms with Crippen molar-refractivity contribution in [1.29, 1.82) is 0 Å². The molecule has 3 heterocycles. The first-order chi connectivity index (χ1) is 16.7. The van der Waals surface area contributed by atoms with E-state index in [0.29, 0.717) is 40.7 Å². The van der Waals surface area contributed by atoms with Crippen molar-refractivity contribution < 1.29 is 28.8 Å². The monoisotopic (exact) mass is 478 g/mol. The summed E-state index contributed by atoms with van der Waals surface area (Å²) >= 11 is 0. The number of methoxy groups -OCH3 is 2. The minimum atomic E-state index is -0.349. The Morgan fingerprint density at radius 3 is 2.57 bits per heavy atom. The third-order valence-electron chi connectivity index (χ3n) is 6.91. The van der Waals surface area contributed by atoms with Crippen LogP contribution in [0.2, 0.25) is 0 Å². The average molecular weight is 479 g/mol. The zero-order valence-electron chi connectivity index (χ0n) is 20.6. The summed E-state index contributed by atoms with van der Waals surface area (Å²) in [5, 5.41) is 17.7. The second-order valence-corrected chi connectivity index (χ2v) is 9.52. The molecule has 8 nitrogen and oxygen atoms in total. The molecule has 0 radical (unpaired) electrons. The van der Waals surface area contributed by atoms with Gasteiger partial charge in [-0.1, -0.05) is 20.4 Å².